The van der Waals surface area contributed by atoms with Crippen LogP contribution >= 0.6 is 15.9 Å². The first-order valence-corrected chi connectivity index (χ1v) is 8.33. The Kier molecular flexibility index (Phi) is 4.95. The zero-order valence-electron chi connectivity index (χ0n) is 13.5. The number of rotatable bonds is 5. The number of benzene rings is 2. The summed E-state index contributed by atoms with van der Waals surface area (Å²) in [4.78, 5) is 19.9. The number of hydrogen-bond acceptors (Lipinski definition) is 6. The smallest absolute Gasteiger partial charge is 0.159 e. The van der Waals surface area contributed by atoms with Gasteiger partial charge in [0.1, 0.15) is 12.0 Å². The molecule has 3 aromatic rings. The van der Waals surface area contributed by atoms with Gasteiger partial charge >= 0.3 is 0 Å². The molecule has 3 rings (SSSR count). The van der Waals surface area contributed by atoms with Crippen molar-refractivity contribution in [3.05, 3.63) is 64.9 Å². The molecule has 0 saturated carbocycles. The first-order chi connectivity index (χ1) is 12.0. The molecule has 25 heavy (non-hydrogen) atoms. The summed E-state index contributed by atoms with van der Waals surface area (Å²) in [6.07, 6.45) is 1.42. The van der Waals surface area contributed by atoms with E-state index in [0.717, 1.165) is 15.8 Å². The molecule has 0 amide bonds. The Morgan fingerprint density at radius 1 is 1.00 bits per heavy atom. The van der Waals surface area contributed by atoms with Gasteiger partial charge in [0.2, 0.25) is 0 Å². The minimum absolute atomic E-state index is 0.00341. The molecule has 4 N–H and O–H groups in total. The number of anilines is 5. The van der Waals surface area contributed by atoms with Crippen LogP contribution in [-0.4, -0.2) is 15.8 Å². The van der Waals surface area contributed by atoms with Crippen LogP contribution in [0.15, 0.2) is 59.3 Å². The van der Waals surface area contributed by atoms with Crippen LogP contribution in [0.1, 0.15) is 17.3 Å². The molecule has 0 aliphatic carbocycles. The molecule has 126 valence electrons. The van der Waals surface area contributed by atoms with Crippen molar-refractivity contribution in [2.45, 2.75) is 6.92 Å². The van der Waals surface area contributed by atoms with E-state index < -0.39 is 0 Å². The van der Waals surface area contributed by atoms with Crippen molar-refractivity contribution in [3.8, 4) is 0 Å². The number of nitrogens with one attached hydrogen (secondary N) is 2. The van der Waals surface area contributed by atoms with Crippen molar-refractivity contribution >= 4 is 50.4 Å². The molecule has 0 unspecified atom stereocenters. The Bertz CT molecular complexity index is 929. The number of Topliss-reactive ketones (excluding diaryl/α,β-unsaturated/α-hetero) is 1. The summed E-state index contributed by atoms with van der Waals surface area (Å²) < 4.78 is 0.949. The summed E-state index contributed by atoms with van der Waals surface area (Å²) in [6.45, 7) is 1.53. The predicted octanol–water partition coefficient (Wildman–Crippen LogP) is 4.51. The van der Waals surface area contributed by atoms with Crippen molar-refractivity contribution < 1.29 is 4.79 Å². The third kappa shape index (κ3) is 4.13. The molecule has 0 aliphatic heterocycles. The van der Waals surface area contributed by atoms with Gasteiger partial charge in [-0.3, -0.25) is 4.79 Å². The molecule has 1 heterocycles. The van der Waals surface area contributed by atoms with Gasteiger partial charge in [-0.25, -0.2) is 9.97 Å². The minimum Gasteiger partial charge on any atom is -0.393 e. The number of halogens is 1. The third-order valence-electron chi connectivity index (χ3n) is 3.50. The average molecular weight is 398 g/mol. The summed E-state index contributed by atoms with van der Waals surface area (Å²) in [5.74, 6) is 0.961. The van der Waals surface area contributed by atoms with Gasteiger partial charge in [0.05, 0.1) is 0 Å². The number of nitrogens with zero attached hydrogens (tertiary/aromatic N) is 2. The number of ketones is 1. The molecular weight excluding hydrogens is 382 g/mol. The molecule has 0 atom stereocenters. The zero-order chi connectivity index (χ0) is 17.8. The SMILES string of the molecule is CC(=O)c1cccc(Nc2ncnc(Nc3cccc(Br)c3)c2N)c1. The van der Waals surface area contributed by atoms with Crippen molar-refractivity contribution in [1.29, 1.82) is 0 Å². The highest BCUT2D eigenvalue weighted by molar-refractivity contribution is 9.10. The molecule has 0 saturated heterocycles. The molecule has 6 nitrogen and oxygen atoms in total. The second-order valence-electron chi connectivity index (χ2n) is 5.38. The highest BCUT2D eigenvalue weighted by atomic mass is 79.9. The largest absolute Gasteiger partial charge is 0.393 e. The summed E-state index contributed by atoms with van der Waals surface area (Å²) in [5, 5.41) is 6.30. The van der Waals surface area contributed by atoms with Crippen LogP contribution in [0.5, 0.6) is 0 Å². The molecule has 7 heteroatoms. The number of carbonyl (C=O) groups excluding carboxylic acids is 1. The van der Waals surface area contributed by atoms with E-state index in [2.05, 4.69) is 36.5 Å². The average Bonchev–Trinajstić information content (AvgIpc) is 2.59. The Balaban J connectivity index is 1.86. The maximum Gasteiger partial charge on any atom is 0.159 e. The molecular formula is C18H16BrN5O. The molecule has 0 fully saturated rings. The van der Waals surface area contributed by atoms with Crippen LogP contribution < -0.4 is 16.4 Å². The van der Waals surface area contributed by atoms with Crippen molar-refractivity contribution in [1.82, 2.24) is 9.97 Å². The fraction of sp³-hybridized carbons (Fsp3) is 0.0556. The first kappa shape index (κ1) is 16.9. The quantitative estimate of drug-likeness (QED) is 0.548. The number of carbonyl (C=O) groups is 1. The standard InChI is InChI=1S/C18H16BrN5O/c1-11(25)12-4-2-6-14(8-12)23-17-16(20)18(22-10-21-17)24-15-7-3-5-13(19)9-15/h2-10H,20H2,1H3,(H2,21,22,23,24). The lowest BCUT2D eigenvalue weighted by Crippen LogP contribution is -2.05. The second-order valence-corrected chi connectivity index (χ2v) is 6.30. The summed E-state index contributed by atoms with van der Waals surface area (Å²) >= 11 is 3.43. The van der Waals surface area contributed by atoms with Gasteiger partial charge in [0.15, 0.2) is 17.4 Å². The Morgan fingerprint density at radius 2 is 1.60 bits per heavy atom. The highest BCUT2D eigenvalue weighted by Crippen LogP contribution is 2.29. The van der Waals surface area contributed by atoms with Crippen LogP contribution in [0.3, 0.4) is 0 Å². The van der Waals surface area contributed by atoms with Gasteiger partial charge in [-0.15, -0.1) is 0 Å². The topological polar surface area (TPSA) is 92.9 Å². The van der Waals surface area contributed by atoms with Crippen molar-refractivity contribution in [2.75, 3.05) is 16.4 Å². The van der Waals surface area contributed by atoms with Gasteiger partial charge in [-0.05, 0) is 37.3 Å². The number of hydrogen-bond donors (Lipinski definition) is 3. The van der Waals surface area contributed by atoms with Crippen LogP contribution in [0.4, 0.5) is 28.7 Å². The van der Waals surface area contributed by atoms with Crippen LogP contribution in [0.25, 0.3) is 0 Å². The van der Waals surface area contributed by atoms with E-state index in [1.54, 1.807) is 18.2 Å². The molecule has 0 bridgehead atoms. The van der Waals surface area contributed by atoms with Crippen molar-refractivity contribution in [2.24, 2.45) is 0 Å². The maximum atomic E-state index is 11.5. The van der Waals surface area contributed by atoms with Gasteiger partial charge in [-0.1, -0.05) is 34.1 Å². The lowest BCUT2D eigenvalue weighted by molar-refractivity contribution is 0.101. The van der Waals surface area contributed by atoms with Crippen LogP contribution in [0.2, 0.25) is 0 Å². The Labute approximate surface area is 153 Å². The summed E-state index contributed by atoms with van der Waals surface area (Å²) in [6, 6.07) is 14.8. The van der Waals surface area contributed by atoms with Crippen LogP contribution in [-0.2, 0) is 0 Å². The maximum absolute atomic E-state index is 11.5. The number of nitrogen functional groups attached to an aromatic ring is 1. The van der Waals surface area contributed by atoms with E-state index in [9.17, 15) is 4.79 Å². The summed E-state index contributed by atoms with van der Waals surface area (Å²) in [5.41, 5.74) is 8.77. The van der Waals surface area contributed by atoms with Crippen LogP contribution in [0, 0.1) is 0 Å². The van der Waals surface area contributed by atoms with Crippen molar-refractivity contribution in [3.63, 3.8) is 0 Å². The van der Waals surface area contributed by atoms with Gasteiger partial charge < -0.3 is 16.4 Å². The number of aromatic nitrogens is 2. The lowest BCUT2D eigenvalue weighted by atomic mass is 10.1. The zero-order valence-corrected chi connectivity index (χ0v) is 15.0. The molecule has 0 radical (unpaired) electrons. The second kappa shape index (κ2) is 7.31. The third-order valence-corrected chi connectivity index (χ3v) is 4.00. The van der Waals surface area contributed by atoms with Gasteiger partial charge in [-0.2, -0.15) is 0 Å². The Hall–Kier alpha value is -2.93. The normalized spacial score (nSPS) is 10.3. The predicted molar refractivity (Wildman–Crippen MR) is 104 cm³/mol. The first-order valence-electron chi connectivity index (χ1n) is 7.54. The molecule has 2 aromatic carbocycles. The highest BCUT2D eigenvalue weighted by Gasteiger charge is 2.10. The molecule has 0 aliphatic rings. The van der Waals surface area contributed by atoms with E-state index >= 15 is 0 Å². The fourth-order valence-electron chi connectivity index (χ4n) is 2.25. The van der Waals surface area contributed by atoms with Gasteiger partial charge in [0, 0.05) is 21.4 Å². The van der Waals surface area contributed by atoms with Gasteiger partial charge in [0.25, 0.3) is 0 Å². The van der Waals surface area contributed by atoms with E-state index in [-0.39, 0.29) is 5.78 Å². The summed E-state index contributed by atoms with van der Waals surface area (Å²) in [7, 11) is 0. The Morgan fingerprint density at radius 3 is 2.20 bits per heavy atom. The van der Waals surface area contributed by atoms with E-state index in [1.807, 2.05) is 30.3 Å². The lowest BCUT2D eigenvalue weighted by Gasteiger charge is -2.13. The molecule has 0 spiro atoms. The number of nitrogens with two attached hydrogens (primary N) is 1. The van der Waals surface area contributed by atoms with E-state index in [4.69, 9.17) is 5.73 Å². The monoisotopic (exact) mass is 397 g/mol. The molecule has 1 aromatic heterocycles. The van der Waals surface area contributed by atoms with E-state index in [0.29, 0.717) is 22.9 Å². The fourth-order valence-corrected chi connectivity index (χ4v) is 2.65. The minimum atomic E-state index is -0.00341. The van der Waals surface area contributed by atoms with E-state index in [1.165, 1.54) is 13.3 Å².